The molecule has 0 aromatic heterocycles. The van der Waals surface area contributed by atoms with Gasteiger partial charge >= 0.3 is 23.9 Å². The molecular weight excluding hydrogens is 1370 g/mol. The molecule has 18 nitrogen and oxygen atoms in total. The fraction of sp³-hybridized carbons (Fsp3) is 0.906. The summed E-state index contributed by atoms with van der Waals surface area (Å²) in [5, 5.41) is 0. The van der Waals surface area contributed by atoms with Crippen molar-refractivity contribution in [2.45, 2.75) is 123 Å². The minimum absolute atomic E-state index is 0.124. The second kappa shape index (κ2) is 21.9. The van der Waals surface area contributed by atoms with E-state index in [1.165, 1.54) is 19.3 Å². The highest BCUT2D eigenvalue weighted by molar-refractivity contribution is 7.86. The molecule has 0 aromatic rings. The molecule has 19 saturated carbocycles. The first kappa shape index (κ1) is 69.9. The zero-order valence-corrected chi connectivity index (χ0v) is 66.4. The van der Waals surface area contributed by atoms with Crippen LogP contribution in [0.3, 0.4) is 0 Å². The van der Waals surface area contributed by atoms with E-state index in [0.29, 0.717) is 197 Å². The van der Waals surface area contributed by atoms with Crippen LogP contribution in [0.4, 0.5) is 0 Å². The molecule has 36 unspecified atom stereocenters. The van der Waals surface area contributed by atoms with Gasteiger partial charge in [0.05, 0.1) is 122 Å². The molecule has 21 aliphatic carbocycles. The van der Waals surface area contributed by atoms with Crippen molar-refractivity contribution in [3.05, 3.63) is 23.8 Å². The monoisotopic (exact) mass is 1490 g/mol. The van der Waals surface area contributed by atoms with E-state index in [4.69, 9.17) is 18.9 Å². The molecule has 21 aliphatic rings. The Balaban J connectivity index is 0.723. The van der Waals surface area contributed by atoms with Gasteiger partial charge in [0.15, 0.2) is 10.8 Å². The van der Waals surface area contributed by atoms with Crippen molar-refractivity contribution in [2.75, 3.05) is 147 Å². The van der Waals surface area contributed by atoms with Crippen LogP contribution >= 0.6 is 0 Å². The molecule has 19 fully saturated rings. The summed E-state index contributed by atoms with van der Waals surface area (Å²) in [6.07, 6.45) is 24.6. The second-order valence-corrected chi connectivity index (χ2v) is 46.6. The van der Waals surface area contributed by atoms with Crippen LogP contribution < -0.4 is 0 Å². The van der Waals surface area contributed by atoms with Crippen molar-refractivity contribution >= 4 is 44.1 Å². The van der Waals surface area contributed by atoms with E-state index in [1.54, 1.807) is 5.57 Å². The molecule has 21 rings (SSSR count). The Hall–Kier alpha value is -2.98. The fourth-order valence-corrected chi connectivity index (χ4v) is 40.4. The molecule has 36 atom stereocenters. The molecule has 0 saturated heterocycles. The van der Waals surface area contributed by atoms with Gasteiger partial charge in [-0.3, -0.25) is 28.3 Å². The maximum Gasteiger partial charge on any atom is 0.325 e. The lowest BCUT2D eigenvalue weighted by Crippen LogP contribution is -2.69. The van der Waals surface area contributed by atoms with Gasteiger partial charge < -0.3 is 36.9 Å². The third kappa shape index (κ3) is 7.81. The van der Waals surface area contributed by atoms with Crippen LogP contribution in [0.25, 0.3) is 0 Å². The number of quaternary nitrogens is 4. The van der Waals surface area contributed by atoms with Gasteiger partial charge in [-0.25, -0.2) is 0 Å². The molecule has 0 aliphatic heterocycles. The smallest absolute Gasteiger partial charge is 0.325 e. The summed E-state index contributed by atoms with van der Waals surface area (Å²) >= 11 is 0. The van der Waals surface area contributed by atoms with E-state index >= 15 is 19.2 Å². The standard InChI is InChI=1S/C85H124N4O14S2/c1-11-25-86(3,4)27-13-16-33-100-75(90)83(76(91)101-34-17-14-28-88(7,8)31-37-104(94,95)96)80-24-22-47-41-48-40-46-21-23-79-44-51-43-50-42-49-39-45-19-20-52(80)57-53(45)58-54(49)65-68-61-60(58)66(57)73-67-62(61)63-59(55(48)64(67)70(47)81(73,80)83)56(46)72(79)69(63)74(68)82(71(50)65)84(85(51,79)82,78(93)103-36-30-87(5,6)26-12-2)77(92)102-35-18-15-29-89(9,10)32-38-105(97,98)99/h21,23,42,45-49,51-74H,11-20,22,24-41,43-44H2,1-10H3/q+2/p+2. The van der Waals surface area contributed by atoms with Crippen LogP contribution in [0.5, 0.6) is 0 Å². The van der Waals surface area contributed by atoms with Crippen molar-refractivity contribution in [3.8, 4) is 0 Å². The second-order valence-electron chi connectivity index (χ2n) is 43.5. The average Bonchev–Trinajstić information content (AvgIpc) is 1.36. The summed E-state index contributed by atoms with van der Waals surface area (Å²) < 4.78 is 98.2. The Morgan fingerprint density at radius 2 is 0.952 bits per heavy atom. The number of likely N-dealkylation sites (N-methyl/N-ethyl adjacent to an activating group) is 1. The third-order valence-corrected chi connectivity index (χ3v) is 40.5. The number of esters is 4. The van der Waals surface area contributed by atoms with Gasteiger partial charge in [-0.1, -0.05) is 37.6 Å². The third-order valence-electron chi connectivity index (χ3n) is 39.1. The Bertz CT molecular complexity index is 4080. The molecule has 20 heteroatoms. The Morgan fingerprint density at radius 1 is 0.457 bits per heavy atom. The lowest BCUT2D eigenvalue weighted by Gasteiger charge is -2.72. The number of nitrogens with zero attached hydrogens (tertiary/aromatic N) is 4. The summed E-state index contributed by atoms with van der Waals surface area (Å²) in [4.78, 5) is 69.1. The van der Waals surface area contributed by atoms with Crippen LogP contribution in [-0.4, -0.2) is 214 Å². The quantitative estimate of drug-likeness (QED) is 0.0122. The first-order chi connectivity index (χ1) is 49.8. The Labute approximate surface area is 625 Å². The van der Waals surface area contributed by atoms with Crippen molar-refractivity contribution in [2.24, 2.45) is 210 Å². The van der Waals surface area contributed by atoms with E-state index in [1.807, 2.05) is 28.2 Å². The summed E-state index contributed by atoms with van der Waals surface area (Å²) in [5.74, 6) is 10.2. The summed E-state index contributed by atoms with van der Waals surface area (Å²) in [6, 6.07) is 0. The van der Waals surface area contributed by atoms with Crippen LogP contribution in [0, 0.1) is 210 Å². The zero-order valence-electron chi connectivity index (χ0n) is 64.8. The van der Waals surface area contributed by atoms with Crippen LogP contribution in [0.1, 0.15) is 123 Å². The minimum atomic E-state index is -4.13. The first-order valence-electron chi connectivity index (χ1n) is 43.1. The summed E-state index contributed by atoms with van der Waals surface area (Å²) in [5.41, 5.74) is -3.86. The summed E-state index contributed by atoms with van der Waals surface area (Å²) in [6.45, 7) is 11.0. The van der Waals surface area contributed by atoms with Gasteiger partial charge in [0.2, 0.25) is 0 Å². The number of rotatable bonds is 32. The van der Waals surface area contributed by atoms with Gasteiger partial charge in [0, 0.05) is 27.1 Å². The number of allylic oxidation sites excluding steroid dienone is 4. The molecule has 105 heavy (non-hydrogen) atoms. The number of carbonyl (C=O) groups excluding carboxylic acids is 4. The largest absolute Gasteiger partial charge is 0.465 e. The Morgan fingerprint density at radius 3 is 1.55 bits per heavy atom. The molecule has 578 valence electrons. The topological polar surface area (TPSA) is 214 Å². The maximum absolute atomic E-state index is 17.3. The van der Waals surface area contributed by atoms with Crippen molar-refractivity contribution in [3.63, 3.8) is 0 Å². The molecule has 0 bridgehead atoms. The lowest BCUT2D eigenvalue weighted by molar-refractivity contribution is -0.890. The predicted molar refractivity (Wildman–Crippen MR) is 389 cm³/mol. The average molecular weight is 1490 g/mol. The van der Waals surface area contributed by atoms with Crippen molar-refractivity contribution in [1.29, 1.82) is 0 Å². The maximum atomic E-state index is 17.3. The number of unbranched alkanes of at least 4 members (excludes halogenated alkanes) is 3. The van der Waals surface area contributed by atoms with Gasteiger partial charge in [-0.2, -0.15) is 16.8 Å². The van der Waals surface area contributed by atoms with E-state index in [9.17, 15) is 25.9 Å². The first-order valence-corrected chi connectivity index (χ1v) is 46.3. The highest BCUT2D eigenvalue weighted by Crippen LogP contribution is 3.12. The minimum Gasteiger partial charge on any atom is -0.465 e. The van der Waals surface area contributed by atoms with Crippen LogP contribution in [0.2, 0.25) is 0 Å². The normalized spacial score (nSPS) is 52.2. The highest BCUT2D eigenvalue weighted by atomic mass is 32.2. The van der Waals surface area contributed by atoms with Gasteiger partial charge in [0.25, 0.3) is 20.2 Å². The highest BCUT2D eigenvalue weighted by Gasteiger charge is 3.14. The molecule has 0 radical (unpaired) electrons. The van der Waals surface area contributed by atoms with Crippen LogP contribution in [-0.2, 0) is 58.4 Å². The molecule has 2 N–H and O–H groups in total. The number of hydrogen-bond acceptors (Lipinski definition) is 12. The van der Waals surface area contributed by atoms with E-state index < -0.39 is 52.7 Å². The Kier molecular flexibility index (Phi) is 14.6. The van der Waals surface area contributed by atoms with Crippen molar-refractivity contribution in [1.82, 2.24) is 0 Å². The molecule has 0 heterocycles. The van der Waals surface area contributed by atoms with E-state index in [0.717, 1.165) is 92.8 Å². The molecular formula is C85H126N4O14S2+4. The van der Waals surface area contributed by atoms with E-state index in [-0.39, 0.29) is 109 Å². The molecule has 4 spiro atoms. The number of hydrogen-bond donors (Lipinski definition) is 2. The lowest BCUT2D eigenvalue weighted by atomic mass is 9.31. The van der Waals surface area contributed by atoms with Gasteiger partial charge in [0.1, 0.15) is 24.7 Å². The number of ether oxygens (including phenoxy) is 4. The van der Waals surface area contributed by atoms with Crippen LogP contribution in [0.15, 0.2) is 23.8 Å². The molecule has 0 amide bonds. The summed E-state index contributed by atoms with van der Waals surface area (Å²) in [7, 11) is 8.82. The van der Waals surface area contributed by atoms with E-state index in [2.05, 4.69) is 60.3 Å². The fourth-order valence-electron chi connectivity index (χ4n) is 38.9. The van der Waals surface area contributed by atoms with Gasteiger partial charge in [-0.05, 0) is 281 Å². The van der Waals surface area contributed by atoms with Gasteiger partial charge in [-0.15, -0.1) is 0 Å². The van der Waals surface area contributed by atoms with Crippen molar-refractivity contribution < 1.29 is 82.0 Å². The SMILES string of the molecule is CCC[N+](C)(C)CCCCOC(=O)C1(C(=O)OCCCC[N+](C)(C)CCS(=O)(=O)O)C23CCC4CC5CC6C=CC78CC9CC%10=CC%11CC%12CCC2C2C%12C%12C%11C%11C%13C%14C%12C2C2C%12C%14C%14C(C5C%12C4C213)C6C7C%14C%13C1(C%10%11)C(C(=O)OCCCC[N+](C)(C)CCS(=O)(=O)O)(C(=O)OCC[N+](C)(C)CCC)C981. The number of carbonyl (C=O) groups is 4. The molecule has 0 aromatic carbocycles. The zero-order chi connectivity index (χ0) is 73.0. The predicted octanol–water partition coefficient (Wildman–Crippen LogP) is 9.45.